The fourth-order valence-electron chi connectivity index (χ4n) is 3.95. The third-order valence-corrected chi connectivity index (χ3v) is 5.70. The number of benzene rings is 2. The number of nitrogens with zero attached hydrogens (tertiary/aromatic N) is 2. The van der Waals surface area contributed by atoms with Gasteiger partial charge in [-0.15, -0.1) is 0 Å². The maximum Gasteiger partial charge on any atom is 0.250 e. The molecular weight excluding hydrogens is 396 g/mol. The van der Waals surface area contributed by atoms with Crippen LogP contribution < -0.4 is 5.56 Å². The average Bonchev–Trinajstić information content (AvgIpc) is 2.85. The summed E-state index contributed by atoms with van der Waals surface area (Å²) in [5.74, 6) is 0.152. The van der Waals surface area contributed by atoms with Crippen molar-refractivity contribution in [2.24, 2.45) is 12.0 Å². The molecule has 0 saturated carbocycles. The summed E-state index contributed by atoms with van der Waals surface area (Å²) < 4.78 is 1.58. The number of pyridine rings is 1. The molecule has 2 heterocycles. The fraction of sp³-hybridized carbons (Fsp3) is 0.240. The van der Waals surface area contributed by atoms with Gasteiger partial charge in [0.05, 0.1) is 11.8 Å². The lowest BCUT2D eigenvalue weighted by Gasteiger charge is -2.16. The average molecular weight is 419 g/mol. The molecule has 0 fully saturated rings. The maximum absolute atomic E-state index is 12.6. The molecule has 0 aliphatic carbocycles. The van der Waals surface area contributed by atoms with Crippen molar-refractivity contribution in [3.05, 3.63) is 92.9 Å². The molecule has 4 nitrogen and oxygen atoms in total. The van der Waals surface area contributed by atoms with Gasteiger partial charge in [0.2, 0.25) is 0 Å². The van der Waals surface area contributed by atoms with Crippen LogP contribution in [0.25, 0.3) is 11.1 Å². The first kappa shape index (κ1) is 20.3. The Balaban J connectivity index is 1.98. The lowest BCUT2D eigenvalue weighted by Crippen LogP contribution is -2.18. The smallest absolute Gasteiger partial charge is 0.250 e. The van der Waals surface area contributed by atoms with Crippen molar-refractivity contribution in [2.75, 3.05) is 0 Å². The van der Waals surface area contributed by atoms with E-state index in [9.17, 15) is 9.59 Å². The van der Waals surface area contributed by atoms with Crippen molar-refractivity contribution in [2.45, 2.75) is 32.2 Å². The summed E-state index contributed by atoms with van der Waals surface area (Å²) in [4.78, 5) is 30.1. The van der Waals surface area contributed by atoms with Gasteiger partial charge in [0, 0.05) is 53.9 Å². The molecule has 2 aromatic carbocycles. The molecule has 0 spiro atoms. The zero-order valence-corrected chi connectivity index (χ0v) is 17.8. The first-order valence-corrected chi connectivity index (χ1v) is 10.5. The van der Waals surface area contributed by atoms with Gasteiger partial charge in [0.25, 0.3) is 5.56 Å². The maximum atomic E-state index is 12.6. The van der Waals surface area contributed by atoms with E-state index in [0.717, 1.165) is 39.9 Å². The molecule has 1 aromatic heterocycles. The number of halogens is 1. The highest BCUT2D eigenvalue weighted by atomic mass is 35.5. The van der Waals surface area contributed by atoms with Crippen LogP contribution >= 0.6 is 11.6 Å². The van der Waals surface area contributed by atoms with Crippen molar-refractivity contribution in [1.82, 2.24) is 4.57 Å². The molecule has 4 rings (SSSR count). The summed E-state index contributed by atoms with van der Waals surface area (Å²) in [5.41, 5.74) is 5.35. The van der Waals surface area contributed by atoms with Gasteiger partial charge in [0.15, 0.2) is 0 Å². The molecule has 5 heteroatoms. The molecule has 1 aliphatic rings. The number of aryl methyl sites for hydroxylation is 1. The summed E-state index contributed by atoms with van der Waals surface area (Å²) >= 11 is 6.10. The molecule has 1 atom stereocenters. The number of fused-ring (bicyclic) bond motifs is 3. The van der Waals surface area contributed by atoms with E-state index in [1.165, 1.54) is 0 Å². The van der Waals surface area contributed by atoms with E-state index in [1.54, 1.807) is 17.7 Å². The molecule has 0 unspecified atom stereocenters. The zero-order valence-electron chi connectivity index (χ0n) is 17.1. The second-order valence-electron chi connectivity index (χ2n) is 7.63. The van der Waals surface area contributed by atoms with E-state index in [4.69, 9.17) is 16.6 Å². The standard InChI is InChI=1S/C25H23ClN2O2/c1-3-6-18(29)13-23-21-14-24(30)28(2)15-22(21)19-7-4-5-8-20(19)25(27-23)16-9-11-17(26)12-10-16/h4-5,7-12,14-15,23H,3,6,13H2,1-2H3/t23-/m0/s1. The molecular formula is C25H23ClN2O2. The molecule has 30 heavy (non-hydrogen) atoms. The normalized spacial score (nSPS) is 15.0. The number of carbonyl (C=O) groups is 1. The van der Waals surface area contributed by atoms with Gasteiger partial charge in [-0.1, -0.05) is 54.9 Å². The Morgan fingerprint density at radius 1 is 1.07 bits per heavy atom. The van der Waals surface area contributed by atoms with Gasteiger partial charge in [-0.3, -0.25) is 14.6 Å². The number of hydrogen-bond donors (Lipinski definition) is 0. The lowest BCUT2D eigenvalue weighted by molar-refractivity contribution is -0.119. The van der Waals surface area contributed by atoms with Gasteiger partial charge in [0.1, 0.15) is 5.78 Å². The topological polar surface area (TPSA) is 51.4 Å². The van der Waals surface area contributed by atoms with E-state index in [-0.39, 0.29) is 17.8 Å². The highest BCUT2D eigenvalue weighted by molar-refractivity contribution is 6.30. The lowest BCUT2D eigenvalue weighted by atomic mass is 9.91. The second-order valence-corrected chi connectivity index (χ2v) is 8.07. The molecule has 0 amide bonds. The highest BCUT2D eigenvalue weighted by Gasteiger charge is 2.27. The van der Waals surface area contributed by atoms with Crippen LogP contribution in [0.3, 0.4) is 0 Å². The molecule has 0 bridgehead atoms. The number of ketones is 1. The van der Waals surface area contributed by atoms with Crippen molar-refractivity contribution in [3.8, 4) is 11.1 Å². The van der Waals surface area contributed by atoms with Gasteiger partial charge in [-0.05, 0) is 29.7 Å². The predicted molar refractivity (Wildman–Crippen MR) is 121 cm³/mol. The van der Waals surface area contributed by atoms with Crippen molar-refractivity contribution in [3.63, 3.8) is 0 Å². The van der Waals surface area contributed by atoms with Gasteiger partial charge in [-0.2, -0.15) is 0 Å². The Bertz CT molecular complexity index is 1190. The van der Waals surface area contributed by atoms with Gasteiger partial charge in [-0.25, -0.2) is 0 Å². The second kappa shape index (κ2) is 8.41. The van der Waals surface area contributed by atoms with Crippen LogP contribution in [-0.2, 0) is 11.8 Å². The van der Waals surface area contributed by atoms with Crippen molar-refractivity contribution in [1.29, 1.82) is 0 Å². The first-order valence-electron chi connectivity index (χ1n) is 10.1. The van der Waals surface area contributed by atoms with E-state index in [1.807, 2.05) is 61.7 Å². The van der Waals surface area contributed by atoms with Gasteiger partial charge < -0.3 is 4.57 Å². The Morgan fingerprint density at radius 3 is 2.47 bits per heavy atom. The van der Waals surface area contributed by atoms with Crippen LogP contribution in [0.4, 0.5) is 0 Å². The molecule has 0 radical (unpaired) electrons. The minimum Gasteiger partial charge on any atom is -0.318 e. The Hall–Kier alpha value is -2.98. The number of aromatic nitrogens is 1. The number of Topliss-reactive ketones (excluding diaryl/α,β-unsaturated/α-hetero) is 1. The predicted octanol–water partition coefficient (Wildman–Crippen LogP) is 5.36. The van der Waals surface area contributed by atoms with Crippen molar-refractivity contribution >= 4 is 23.1 Å². The Kier molecular flexibility index (Phi) is 5.69. The number of hydrogen-bond acceptors (Lipinski definition) is 3. The summed E-state index contributed by atoms with van der Waals surface area (Å²) in [7, 11) is 1.74. The van der Waals surface area contributed by atoms with Crippen LogP contribution in [0.15, 0.2) is 70.6 Å². The molecule has 1 aliphatic heterocycles. The Morgan fingerprint density at radius 2 is 1.77 bits per heavy atom. The molecule has 152 valence electrons. The summed E-state index contributed by atoms with van der Waals surface area (Å²) in [6.07, 6.45) is 3.44. The van der Waals surface area contributed by atoms with E-state index >= 15 is 0 Å². The SMILES string of the molecule is CCCC(=O)C[C@@H]1N=C(c2ccc(Cl)cc2)c2ccccc2-c2cn(C)c(=O)cc21. The zero-order chi connectivity index (χ0) is 21.3. The summed E-state index contributed by atoms with van der Waals surface area (Å²) in [6.45, 7) is 1.99. The third-order valence-electron chi connectivity index (χ3n) is 5.44. The third kappa shape index (κ3) is 3.88. The summed E-state index contributed by atoms with van der Waals surface area (Å²) in [5, 5.41) is 0.655. The van der Waals surface area contributed by atoms with Crippen LogP contribution in [-0.4, -0.2) is 16.1 Å². The van der Waals surface area contributed by atoms with E-state index in [0.29, 0.717) is 11.4 Å². The van der Waals surface area contributed by atoms with Crippen molar-refractivity contribution < 1.29 is 4.79 Å². The molecule has 3 aromatic rings. The highest BCUT2D eigenvalue weighted by Crippen LogP contribution is 2.38. The number of aliphatic imine (C=N–C) groups is 1. The quantitative estimate of drug-likeness (QED) is 0.560. The van der Waals surface area contributed by atoms with E-state index in [2.05, 4.69) is 0 Å². The summed E-state index contributed by atoms with van der Waals surface area (Å²) in [6, 6.07) is 16.8. The van der Waals surface area contributed by atoms with Crippen LogP contribution in [0, 0.1) is 0 Å². The largest absolute Gasteiger partial charge is 0.318 e. The molecule has 0 N–H and O–H groups in total. The minimum atomic E-state index is -0.411. The Labute approximate surface area is 180 Å². The number of carbonyl (C=O) groups excluding carboxylic acids is 1. The van der Waals surface area contributed by atoms with Crippen LogP contribution in [0.1, 0.15) is 48.9 Å². The van der Waals surface area contributed by atoms with Crippen LogP contribution in [0.5, 0.6) is 0 Å². The van der Waals surface area contributed by atoms with Crippen LogP contribution in [0.2, 0.25) is 5.02 Å². The van der Waals surface area contributed by atoms with Gasteiger partial charge >= 0.3 is 0 Å². The van der Waals surface area contributed by atoms with E-state index < -0.39 is 6.04 Å². The first-order chi connectivity index (χ1) is 14.5. The monoisotopic (exact) mass is 418 g/mol. The number of rotatable bonds is 5. The minimum absolute atomic E-state index is 0.107. The fourth-order valence-corrected chi connectivity index (χ4v) is 4.08. The molecule has 0 saturated heterocycles.